The first kappa shape index (κ1) is 14.5. The second kappa shape index (κ2) is 5.24. The van der Waals surface area contributed by atoms with E-state index in [1.165, 1.54) is 0 Å². The standard InChI is InChI=1S/C15H13BrFN5O/c1-7-14-9(2-12(16)20-7)10(4-22(14)8-5-23-6-8)13-11(17)3-19-15(18)21-13/h2-4,8H,5-6H2,1H3,(H2,18,19,21). The number of aryl methyl sites for hydroxylation is 1. The average molecular weight is 378 g/mol. The molecule has 1 saturated heterocycles. The number of rotatable bonds is 2. The highest BCUT2D eigenvalue weighted by Gasteiger charge is 2.26. The summed E-state index contributed by atoms with van der Waals surface area (Å²) < 4.78 is 22.3. The molecule has 1 fully saturated rings. The number of hydrogen-bond donors (Lipinski definition) is 1. The molecule has 0 aliphatic carbocycles. The lowest BCUT2D eigenvalue weighted by molar-refractivity contribution is -0.0214. The van der Waals surface area contributed by atoms with Gasteiger partial charge in [-0.05, 0) is 28.9 Å². The molecule has 0 saturated carbocycles. The third kappa shape index (κ3) is 2.29. The van der Waals surface area contributed by atoms with E-state index in [1.807, 2.05) is 19.2 Å². The van der Waals surface area contributed by atoms with Crippen molar-refractivity contribution in [2.45, 2.75) is 13.0 Å². The Hall–Kier alpha value is -2.06. The number of nitrogens with zero attached hydrogens (tertiary/aromatic N) is 4. The van der Waals surface area contributed by atoms with E-state index in [2.05, 4.69) is 35.4 Å². The van der Waals surface area contributed by atoms with Crippen LogP contribution in [0, 0.1) is 12.7 Å². The van der Waals surface area contributed by atoms with Gasteiger partial charge in [-0.1, -0.05) is 0 Å². The maximum atomic E-state index is 14.2. The summed E-state index contributed by atoms with van der Waals surface area (Å²) in [6, 6.07) is 2.08. The van der Waals surface area contributed by atoms with Gasteiger partial charge >= 0.3 is 0 Å². The second-order valence-corrected chi connectivity index (χ2v) is 6.31. The zero-order chi connectivity index (χ0) is 16.1. The quantitative estimate of drug-likeness (QED) is 0.694. The van der Waals surface area contributed by atoms with E-state index in [0.29, 0.717) is 23.4 Å². The van der Waals surface area contributed by atoms with E-state index in [4.69, 9.17) is 10.5 Å². The van der Waals surface area contributed by atoms with Crippen LogP contribution in [-0.2, 0) is 4.74 Å². The topological polar surface area (TPSA) is 78.9 Å². The molecule has 0 spiro atoms. The summed E-state index contributed by atoms with van der Waals surface area (Å²) >= 11 is 3.40. The summed E-state index contributed by atoms with van der Waals surface area (Å²) in [7, 11) is 0. The van der Waals surface area contributed by atoms with Crippen molar-refractivity contribution < 1.29 is 9.13 Å². The van der Waals surface area contributed by atoms with Crippen LogP contribution in [0.4, 0.5) is 10.3 Å². The van der Waals surface area contributed by atoms with Crippen molar-refractivity contribution in [3.8, 4) is 11.3 Å². The Balaban J connectivity index is 2.05. The van der Waals surface area contributed by atoms with Gasteiger partial charge in [0.05, 0.1) is 36.7 Å². The smallest absolute Gasteiger partial charge is 0.220 e. The molecule has 23 heavy (non-hydrogen) atoms. The summed E-state index contributed by atoms with van der Waals surface area (Å²) in [5.74, 6) is -0.465. The third-order valence-corrected chi connectivity index (χ3v) is 4.39. The molecule has 4 rings (SSSR count). The van der Waals surface area contributed by atoms with E-state index in [-0.39, 0.29) is 17.7 Å². The lowest BCUT2D eigenvalue weighted by atomic mass is 10.1. The first-order valence-electron chi connectivity index (χ1n) is 7.08. The van der Waals surface area contributed by atoms with Crippen molar-refractivity contribution in [2.75, 3.05) is 18.9 Å². The normalized spacial score (nSPS) is 15.1. The second-order valence-electron chi connectivity index (χ2n) is 5.49. The molecule has 4 heterocycles. The molecular weight excluding hydrogens is 365 g/mol. The fourth-order valence-electron chi connectivity index (χ4n) is 2.86. The minimum Gasteiger partial charge on any atom is -0.377 e. The van der Waals surface area contributed by atoms with Crippen LogP contribution in [0.15, 0.2) is 23.1 Å². The summed E-state index contributed by atoms with van der Waals surface area (Å²) in [6.07, 6.45) is 2.99. The predicted molar refractivity (Wildman–Crippen MR) is 87.4 cm³/mol. The number of hydrogen-bond acceptors (Lipinski definition) is 5. The Kier molecular flexibility index (Phi) is 3.31. The minimum absolute atomic E-state index is 0.0409. The van der Waals surface area contributed by atoms with E-state index >= 15 is 0 Å². The van der Waals surface area contributed by atoms with Crippen molar-refractivity contribution in [2.24, 2.45) is 0 Å². The highest BCUT2D eigenvalue weighted by molar-refractivity contribution is 9.10. The molecule has 0 atom stereocenters. The van der Waals surface area contributed by atoms with Gasteiger partial charge in [-0.15, -0.1) is 0 Å². The number of anilines is 1. The van der Waals surface area contributed by atoms with Gasteiger partial charge in [0.2, 0.25) is 5.95 Å². The van der Waals surface area contributed by atoms with Gasteiger partial charge in [0.25, 0.3) is 0 Å². The maximum absolute atomic E-state index is 14.2. The summed E-state index contributed by atoms with van der Waals surface area (Å²) in [5, 5.41) is 0.869. The average Bonchev–Trinajstić information content (AvgIpc) is 2.79. The van der Waals surface area contributed by atoms with Crippen LogP contribution in [0.3, 0.4) is 0 Å². The van der Waals surface area contributed by atoms with Crippen LogP contribution in [0.2, 0.25) is 0 Å². The largest absolute Gasteiger partial charge is 0.377 e. The predicted octanol–water partition coefficient (Wildman–Crippen LogP) is 2.86. The molecule has 0 aromatic carbocycles. The van der Waals surface area contributed by atoms with Crippen LogP contribution >= 0.6 is 15.9 Å². The molecule has 118 valence electrons. The minimum atomic E-state index is -0.506. The monoisotopic (exact) mass is 377 g/mol. The van der Waals surface area contributed by atoms with E-state index < -0.39 is 5.82 Å². The molecule has 1 aliphatic heterocycles. The van der Waals surface area contributed by atoms with Gasteiger partial charge in [-0.25, -0.2) is 19.3 Å². The fourth-order valence-corrected chi connectivity index (χ4v) is 3.36. The number of halogens is 2. The molecule has 8 heteroatoms. The Morgan fingerprint density at radius 2 is 2.17 bits per heavy atom. The molecule has 0 radical (unpaired) electrons. The lowest BCUT2D eigenvalue weighted by Crippen LogP contribution is -2.30. The third-order valence-electron chi connectivity index (χ3n) is 3.98. The number of nitrogen functional groups attached to an aromatic ring is 1. The molecule has 2 N–H and O–H groups in total. The maximum Gasteiger partial charge on any atom is 0.220 e. The lowest BCUT2D eigenvalue weighted by Gasteiger charge is -2.28. The van der Waals surface area contributed by atoms with Crippen molar-refractivity contribution in [3.05, 3.63) is 34.6 Å². The SMILES string of the molecule is Cc1nc(Br)cc2c(-c3nc(N)ncc3F)cn(C3COC3)c12. The van der Waals surface area contributed by atoms with E-state index in [0.717, 1.165) is 22.8 Å². The first-order valence-corrected chi connectivity index (χ1v) is 7.87. The molecule has 0 bridgehead atoms. The summed E-state index contributed by atoms with van der Waals surface area (Å²) in [6.45, 7) is 3.19. The van der Waals surface area contributed by atoms with Crippen LogP contribution in [0.5, 0.6) is 0 Å². The van der Waals surface area contributed by atoms with Gasteiger partial charge in [-0.2, -0.15) is 0 Å². The van der Waals surface area contributed by atoms with Crippen molar-refractivity contribution >= 4 is 32.8 Å². The molecule has 0 unspecified atom stereocenters. The van der Waals surface area contributed by atoms with Crippen LogP contribution in [-0.4, -0.2) is 32.7 Å². The summed E-state index contributed by atoms with van der Waals surface area (Å²) in [5.41, 5.74) is 8.31. The highest BCUT2D eigenvalue weighted by Crippen LogP contribution is 2.36. The number of ether oxygens (including phenoxy) is 1. The van der Waals surface area contributed by atoms with Gasteiger partial charge < -0.3 is 15.0 Å². The van der Waals surface area contributed by atoms with Crippen molar-refractivity contribution in [3.63, 3.8) is 0 Å². The molecular formula is C15H13BrFN5O. The van der Waals surface area contributed by atoms with E-state index in [1.54, 1.807) is 0 Å². The van der Waals surface area contributed by atoms with Gasteiger partial charge in [0.1, 0.15) is 10.3 Å². The van der Waals surface area contributed by atoms with Crippen molar-refractivity contribution in [1.82, 2.24) is 19.5 Å². The Morgan fingerprint density at radius 1 is 1.39 bits per heavy atom. The molecule has 3 aromatic rings. The highest BCUT2D eigenvalue weighted by atomic mass is 79.9. The Morgan fingerprint density at radius 3 is 2.87 bits per heavy atom. The Bertz CT molecular complexity index is 922. The number of aromatic nitrogens is 4. The number of nitrogens with two attached hydrogens (primary N) is 1. The van der Waals surface area contributed by atoms with Crippen LogP contribution < -0.4 is 5.73 Å². The zero-order valence-corrected chi connectivity index (χ0v) is 13.8. The summed E-state index contributed by atoms with van der Waals surface area (Å²) in [4.78, 5) is 12.2. The van der Waals surface area contributed by atoms with Crippen LogP contribution in [0.1, 0.15) is 11.7 Å². The van der Waals surface area contributed by atoms with Crippen molar-refractivity contribution in [1.29, 1.82) is 0 Å². The first-order chi connectivity index (χ1) is 11.0. The van der Waals surface area contributed by atoms with Gasteiger partial charge in [0.15, 0.2) is 5.82 Å². The fraction of sp³-hybridized carbons (Fsp3) is 0.267. The van der Waals surface area contributed by atoms with Gasteiger partial charge in [0, 0.05) is 17.1 Å². The molecule has 3 aromatic heterocycles. The van der Waals surface area contributed by atoms with Crippen LogP contribution in [0.25, 0.3) is 22.2 Å². The number of pyridine rings is 1. The zero-order valence-electron chi connectivity index (χ0n) is 12.3. The molecule has 0 amide bonds. The molecule has 6 nitrogen and oxygen atoms in total. The van der Waals surface area contributed by atoms with Gasteiger partial charge in [-0.3, -0.25) is 0 Å². The molecule has 1 aliphatic rings. The van der Waals surface area contributed by atoms with E-state index in [9.17, 15) is 4.39 Å². The number of fused-ring (bicyclic) bond motifs is 1. The Labute approximate surface area is 139 Å².